The van der Waals surface area contributed by atoms with Gasteiger partial charge in [0.05, 0.1) is 27.8 Å². The summed E-state index contributed by atoms with van der Waals surface area (Å²) in [7, 11) is 0. The Bertz CT molecular complexity index is 3020. The Balaban J connectivity index is 1.36. The Hall–Kier alpha value is -5.60. The van der Waals surface area contributed by atoms with Crippen molar-refractivity contribution in [3.8, 4) is 22.5 Å². The van der Waals surface area contributed by atoms with Crippen LogP contribution in [0, 0.1) is 0 Å². The van der Waals surface area contributed by atoms with Crippen molar-refractivity contribution in [1.82, 2.24) is 9.13 Å². The summed E-state index contributed by atoms with van der Waals surface area (Å²) in [6.07, 6.45) is 2.38. The Labute approximate surface area is 311 Å². The van der Waals surface area contributed by atoms with Crippen LogP contribution in [0.2, 0.25) is 0 Å². The Morgan fingerprint density at radius 3 is 1.89 bits per heavy atom. The summed E-state index contributed by atoms with van der Waals surface area (Å²) in [5.74, 6) is 0. The Morgan fingerprint density at radius 1 is 0.434 bits per heavy atom. The largest absolute Gasteiger partial charge is 0.309 e. The fraction of sp³-hybridized carbons (Fsp3) is 0.216. The molecule has 7 aromatic carbocycles. The predicted octanol–water partition coefficient (Wildman–Crippen LogP) is 13.7. The first-order valence-corrected chi connectivity index (χ1v) is 19.3. The van der Waals surface area contributed by atoms with Crippen LogP contribution in [0.25, 0.3) is 76.9 Å². The van der Waals surface area contributed by atoms with E-state index < -0.39 is 0 Å². The zero-order chi connectivity index (χ0) is 36.0. The number of para-hydroxylation sites is 1. The summed E-state index contributed by atoms with van der Waals surface area (Å²) in [5, 5.41) is 7.86. The van der Waals surface area contributed by atoms with Gasteiger partial charge in [-0.1, -0.05) is 126 Å². The van der Waals surface area contributed by atoms with Crippen LogP contribution in [0.1, 0.15) is 76.6 Å². The van der Waals surface area contributed by atoms with Gasteiger partial charge in [-0.3, -0.25) is 0 Å². The number of benzene rings is 7. The standard InChI is InChI=1S/C51H44N2/c1-49(2)25-26-50(3,4)41-29-44-37(28-40(41)49)36-27-38-46(52(32-16-8-7-9-17-32)42-24-23-31-15-10-11-18-33(31)47(38)42)30-45(36)53(44)43-22-14-20-35-34-19-12-13-21-39(34)51(5,6)48(35)43/h7-24,27-30H,25-26H2,1-6H3. The molecule has 11 rings (SSSR count). The van der Waals surface area contributed by atoms with Crippen molar-refractivity contribution in [3.63, 3.8) is 0 Å². The molecule has 0 bridgehead atoms. The van der Waals surface area contributed by atoms with E-state index in [0.29, 0.717) is 0 Å². The number of hydrogen-bond acceptors (Lipinski definition) is 0. The summed E-state index contributed by atoms with van der Waals surface area (Å²) in [6, 6.07) is 50.7. The van der Waals surface area contributed by atoms with E-state index in [9.17, 15) is 0 Å². The normalized spacial score (nSPS) is 16.8. The minimum absolute atomic E-state index is 0.0954. The maximum atomic E-state index is 2.64. The lowest BCUT2D eigenvalue weighted by Gasteiger charge is -2.42. The molecule has 9 aromatic rings. The first kappa shape index (κ1) is 31.0. The van der Waals surface area contributed by atoms with Gasteiger partial charge in [0.2, 0.25) is 0 Å². The van der Waals surface area contributed by atoms with E-state index in [1.807, 2.05) is 0 Å². The van der Waals surface area contributed by atoms with E-state index in [0.717, 1.165) is 0 Å². The third-order valence-corrected chi connectivity index (χ3v) is 13.3. The lowest BCUT2D eigenvalue weighted by Crippen LogP contribution is -2.33. The van der Waals surface area contributed by atoms with Crippen LogP contribution in [-0.4, -0.2) is 9.13 Å². The van der Waals surface area contributed by atoms with Gasteiger partial charge in [-0.05, 0) is 116 Å². The van der Waals surface area contributed by atoms with Crippen LogP contribution in [0.4, 0.5) is 0 Å². The fourth-order valence-corrected chi connectivity index (χ4v) is 10.5. The molecule has 53 heavy (non-hydrogen) atoms. The second kappa shape index (κ2) is 10.3. The SMILES string of the molecule is CC1(C)CCC(C)(C)c2cc3c(cc21)c1cc2c4c5ccccc5ccc4n(-c4ccccc4)c2cc1n3-c1cccc2c1C(C)(C)c1ccccc1-2. The molecular formula is C51H44N2. The molecule has 0 saturated heterocycles. The van der Waals surface area contributed by atoms with Crippen LogP contribution in [0.15, 0.2) is 133 Å². The van der Waals surface area contributed by atoms with Crippen LogP contribution in [-0.2, 0) is 16.2 Å². The van der Waals surface area contributed by atoms with Gasteiger partial charge in [0.25, 0.3) is 0 Å². The summed E-state index contributed by atoms with van der Waals surface area (Å²) < 4.78 is 5.13. The van der Waals surface area contributed by atoms with Crippen LogP contribution in [0.5, 0.6) is 0 Å². The third kappa shape index (κ3) is 4.04. The molecule has 0 spiro atoms. The molecule has 0 N–H and O–H groups in total. The topological polar surface area (TPSA) is 9.86 Å². The van der Waals surface area contributed by atoms with Crippen molar-refractivity contribution in [2.24, 2.45) is 0 Å². The first-order valence-electron chi connectivity index (χ1n) is 19.3. The van der Waals surface area contributed by atoms with Crippen molar-refractivity contribution in [2.45, 2.75) is 70.6 Å². The van der Waals surface area contributed by atoms with Crippen molar-refractivity contribution in [2.75, 3.05) is 0 Å². The monoisotopic (exact) mass is 684 g/mol. The molecule has 2 aliphatic rings. The molecule has 2 aromatic heterocycles. The van der Waals surface area contributed by atoms with E-state index >= 15 is 0 Å². The van der Waals surface area contributed by atoms with Crippen molar-refractivity contribution in [3.05, 3.63) is 156 Å². The van der Waals surface area contributed by atoms with E-state index in [4.69, 9.17) is 0 Å². The van der Waals surface area contributed by atoms with E-state index in [2.05, 4.69) is 184 Å². The first-order chi connectivity index (χ1) is 25.5. The highest BCUT2D eigenvalue weighted by Gasteiger charge is 2.40. The molecule has 258 valence electrons. The van der Waals surface area contributed by atoms with Crippen molar-refractivity contribution >= 4 is 54.4 Å². The lowest BCUT2D eigenvalue weighted by molar-refractivity contribution is 0.332. The zero-order valence-electron chi connectivity index (χ0n) is 31.5. The summed E-state index contributed by atoms with van der Waals surface area (Å²) >= 11 is 0. The average Bonchev–Trinajstić information content (AvgIpc) is 3.75. The second-order valence-electron chi connectivity index (χ2n) is 17.6. The summed E-state index contributed by atoms with van der Waals surface area (Å²) in [5.41, 5.74) is 16.1. The molecule has 0 amide bonds. The highest BCUT2D eigenvalue weighted by Crippen LogP contribution is 2.54. The van der Waals surface area contributed by atoms with Gasteiger partial charge in [-0.15, -0.1) is 0 Å². The number of hydrogen-bond donors (Lipinski definition) is 0. The molecule has 2 heteroatoms. The molecule has 0 fully saturated rings. The van der Waals surface area contributed by atoms with Gasteiger partial charge in [-0.25, -0.2) is 0 Å². The van der Waals surface area contributed by atoms with Crippen LogP contribution >= 0.6 is 0 Å². The number of rotatable bonds is 2. The van der Waals surface area contributed by atoms with Gasteiger partial charge >= 0.3 is 0 Å². The summed E-state index contributed by atoms with van der Waals surface area (Å²) in [6.45, 7) is 14.6. The van der Waals surface area contributed by atoms with E-state index in [1.54, 1.807) is 0 Å². The van der Waals surface area contributed by atoms with E-state index in [-0.39, 0.29) is 16.2 Å². The molecule has 0 saturated carbocycles. The highest BCUT2D eigenvalue weighted by molar-refractivity contribution is 6.25. The highest BCUT2D eigenvalue weighted by atomic mass is 15.0. The van der Waals surface area contributed by atoms with Crippen LogP contribution < -0.4 is 0 Å². The van der Waals surface area contributed by atoms with Gasteiger partial charge in [-0.2, -0.15) is 0 Å². The lowest BCUT2D eigenvalue weighted by atomic mass is 9.63. The minimum atomic E-state index is -0.150. The van der Waals surface area contributed by atoms with Crippen LogP contribution in [0.3, 0.4) is 0 Å². The molecule has 0 atom stereocenters. The number of nitrogens with zero attached hydrogens (tertiary/aromatic N) is 2. The molecular weight excluding hydrogens is 641 g/mol. The van der Waals surface area contributed by atoms with Gasteiger partial charge in [0.1, 0.15) is 0 Å². The summed E-state index contributed by atoms with van der Waals surface area (Å²) in [4.78, 5) is 0. The zero-order valence-corrected chi connectivity index (χ0v) is 31.5. The Kier molecular flexibility index (Phi) is 6.01. The maximum Gasteiger partial charge on any atom is 0.0562 e. The molecule has 2 aliphatic carbocycles. The Morgan fingerprint density at radius 2 is 1.08 bits per heavy atom. The molecule has 0 aliphatic heterocycles. The third-order valence-electron chi connectivity index (χ3n) is 13.3. The maximum absolute atomic E-state index is 2.64. The molecule has 2 nitrogen and oxygen atoms in total. The second-order valence-corrected chi connectivity index (χ2v) is 17.6. The molecule has 2 heterocycles. The van der Waals surface area contributed by atoms with Crippen molar-refractivity contribution in [1.29, 1.82) is 0 Å². The molecule has 0 radical (unpaired) electrons. The van der Waals surface area contributed by atoms with Gasteiger partial charge in [0.15, 0.2) is 0 Å². The average molecular weight is 685 g/mol. The van der Waals surface area contributed by atoms with E-state index in [1.165, 1.54) is 112 Å². The smallest absolute Gasteiger partial charge is 0.0562 e. The molecule has 0 unspecified atom stereocenters. The number of aromatic nitrogens is 2. The predicted molar refractivity (Wildman–Crippen MR) is 225 cm³/mol. The quantitative estimate of drug-likeness (QED) is 0.172. The van der Waals surface area contributed by atoms with Gasteiger partial charge < -0.3 is 9.13 Å². The fourth-order valence-electron chi connectivity index (χ4n) is 10.5. The number of fused-ring (bicyclic) bond motifs is 12. The minimum Gasteiger partial charge on any atom is -0.309 e. The van der Waals surface area contributed by atoms with Crippen molar-refractivity contribution < 1.29 is 0 Å². The van der Waals surface area contributed by atoms with Gasteiger partial charge in [0, 0.05) is 32.6 Å².